The molecule has 0 radical (unpaired) electrons. The van der Waals surface area contributed by atoms with Crippen LogP contribution < -0.4 is 4.74 Å². The molecule has 6 heteroatoms. The summed E-state index contributed by atoms with van der Waals surface area (Å²) in [6.07, 6.45) is 0.651. The maximum Gasteiger partial charge on any atom is 0.416 e. The largest absolute Gasteiger partial charge is 0.496 e. The molecule has 0 aliphatic carbocycles. The molecule has 1 saturated heterocycles. The number of rotatable bonds is 5. The van der Waals surface area contributed by atoms with Crippen LogP contribution in [0.15, 0.2) is 109 Å². The standard InChI is InChI=1S/C14H17F3N2.C11H12.C8H10O.C2H6/c1-11-9-18(2)6-7-19(11)10-12-4-3-5-13(8-12)14(15,16)17;1-2-3-5-8-11-9-6-4-7-10-11;1-7-5-3-4-6-8(7)9-2;1-2/h3-5,8H,1,6-7,9-10H2,2H3;2,4-7,9-10H,8H2,1H3;3-6H,1-2H3;1-2H3. The number of methoxy groups -OCH3 is 1. The van der Waals surface area contributed by atoms with Crippen molar-refractivity contribution in [3.05, 3.63) is 131 Å². The van der Waals surface area contributed by atoms with E-state index in [1.165, 1.54) is 23.3 Å². The van der Waals surface area contributed by atoms with E-state index in [0.29, 0.717) is 12.1 Å². The predicted octanol–water partition coefficient (Wildman–Crippen LogP) is 8.96. The first-order chi connectivity index (χ1) is 19.6. The molecule has 3 aromatic rings. The van der Waals surface area contributed by atoms with Gasteiger partial charge in [0.05, 0.1) is 12.7 Å². The minimum atomic E-state index is -4.28. The highest BCUT2D eigenvalue weighted by Crippen LogP contribution is 2.30. The molecule has 1 aliphatic rings. The smallest absolute Gasteiger partial charge is 0.416 e. The first-order valence-corrected chi connectivity index (χ1v) is 13.9. The molecule has 0 spiro atoms. The minimum Gasteiger partial charge on any atom is -0.496 e. The Labute approximate surface area is 245 Å². The molecule has 41 heavy (non-hydrogen) atoms. The van der Waals surface area contributed by atoms with Crippen molar-refractivity contribution in [3.63, 3.8) is 0 Å². The number of likely N-dealkylation sites (N-methyl/N-ethyl adjacent to an activating group) is 1. The van der Waals surface area contributed by atoms with Gasteiger partial charge < -0.3 is 9.64 Å². The van der Waals surface area contributed by atoms with Crippen LogP contribution in [0.3, 0.4) is 0 Å². The maximum atomic E-state index is 12.6. The third kappa shape index (κ3) is 13.9. The Bertz CT molecular complexity index is 1220. The summed E-state index contributed by atoms with van der Waals surface area (Å²) < 4.78 is 43.0. The van der Waals surface area contributed by atoms with Gasteiger partial charge in [-0.2, -0.15) is 13.2 Å². The zero-order chi connectivity index (χ0) is 30.7. The highest BCUT2D eigenvalue weighted by Gasteiger charge is 2.30. The van der Waals surface area contributed by atoms with E-state index in [2.05, 4.69) is 41.5 Å². The van der Waals surface area contributed by atoms with E-state index in [9.17, 15) is 13.2 Å². The number of halogens is 3. The Kier molecular flexibility index (Phi) is 16.7. The quantitative estimate of drug-likeness (QED) is 0.287. The monoisotopic (exact) mass is 566 g/mol. The Balaban J connectivity index is 0.000000324. The van der Waals surface area contributed by atoms with Crippen LogP contribution in [0.2, 0.25) is 0 Å². The molecule has 1 aliphatic heterocycles. The molecule has 0 saturated carbocycles. The van der Waals surface area contributed by atoms with Crippen LogP contribution in [0, 0.1) is 6.92 Å². The maximum absolute atomic E-state index is 12.6. The van der Waals surface area contributed by atoms with Crippen LogP contribution in [-0.2, 0) is 19.1 Å². The highest BCUT2D eigenvalue weighted by molar-refractivity contribution is 5.31. The molecule has 1 fully saturated rings. The number of piperazine rings is 1. The van der Waals surface area contributed by atoms with Crippen LogP contribution in [0.4, 0.5) is 13.2 Å². The molecule has 3 aromatic carbocycles. The Morgan fingerprint density at radius 1 is 0.927 bits per heavy atom. The lowest BCUT2D eigenvalue weighted by molar-refractivity contribution is -0.137. The zero-order valence-corrected chi connectivity index (χ0v) is 25.3. The summed E-state index contributed by atoms with van der Waals surface area (Å²) >= 11 is 0. The van der Waals surface area contributed by atoms with Gasteiger partial charge in [-0.3, -0.25) is 4.90 Å². The van der Waals surface area contributed by atoms with Crippen molar-refractivity contribution in [2.24, 2.45) is 0 Å². The fourth-order valence-corrected chi connectivity index (χ4v) is 3.89. The molecule has 1 heterocycles. The Morgan fingerprint density at radius 2 is 1.56 bits per heavy atom. The second-order valence-corrected chi connectivity index (χ2v) is 9.24. The predicted molar refractivity (Wildman–Crippen MR) is 166 cm³/mol. The molecular formula is C35H45F3N2O. The summed E-state index contributed by atoms with van der Waals surface area (Å²) in [5, 5.41) is 0. The van der Waals surface area contributed by atoms with E-state index in [4.69, 9.17) is 4.74 Å². The summed E-state index contributed by atoms with van der Waals surface area (Å²) in [6, 6.07) is 23.8. The topological polar surface area (TPSA) is 15.7 Å². The van der Waals surface area contributed by atoms with Crippen molar-refractivity contribution in [1.29, 1.82) is 0 Å². The lowest BCUT2D eigenvalue weighted by Crippen LogP contribution is -2.41. The van der Waals surface area contributed by atoms with Crippen LogP contribution in [0.25, 0.3) is 0 Å². The molecule has 0 N–H and O–H groups in total. The number of allylic oxidation sites excluding steroid dienone is 1. The minimum absolute atomic E-state index is 0.483. The normalized spacial score (nSPS) is 12.7. The molecule has 3 nitrogen and oxygen atoms in total. The van der Waals surface area contributed by atoms with Crippen molar-refractivity contribution in [1.82, 2.24) is 9.80 Å². The van der Waals surface area contributed by atoms with Crippen LogP contribution in [0.5, 0.6) is 5.75 Å². The number of hydrogen-bond donors (Lipinski definition) is 0. The van der Waals surface area contributed by atoms with Crippen molar-refractivity contribution in [2.75, 3.05) is 33.8 Å². The van der Waals surface area contributed by atoms with Gasteiger partial charge in [-0.05, 0) is 74.4 Å². The first kappa shape index (κ1) is 35.3. The van der Waals surface area contributed by atoms with Gasteiger partial charge in [-0.25, -0.2) is 0 Å². The summed E-state index contributed by atoms with van der Waals surface area (Å²) in [7, 11) is 3.69. The number of benzene rings is 3. The summed E-state index contributed by atoms with van der Waals surface area (Å²) in [4.78, 5) is 4.18. The Morgan fingerprint density at radius 3 is 2.12 bits per heavy atom. The number of ether oxygens (including phenoxy) is 1. The van der Waals surface area contributed by atoms with Gasteiger partial charge in [-0.15, -0.1) is 5.73 Å². The van der Waals surface area contributed by atoms with Gasteiger partial charge in [-0.1, -0.05) is 81.1 Å². The van der Waals surface area contributed by atoms with Crippen LogP contribution in [-0.4, -0.2) is 43.6 Å². The van der Waals surface area contributed by atoms with Gasteiger partial charge in [0, 0.05) is 31.9 Å². The summed E-state index contributed by atoms with van der Waals surface area (Å²) in [5.41, 5.74) is 6.59. The number of hydrogen-bond acceptors (Lipinski definition) is 3. The lowest BCUT2D eigenvalue weighted by atomic mass is 10.1. The molecule has 0 unspecified atom stereocenters. The SMILES string of the molecule is C=C1CN(C)CCN1Cc1cccc(C(F)(F)F)c1.CC.CC=C=CCc1ccccc1.COc1ccccc1C. The molecule has 0 aromatic heterocycles. The van der Waals surface area contributed by atoms with E-state index in [1.54, 1.807) is 13.2 Å². The second-order valence-electron chi connectivity index (χ2n) is 9.24. The van der Waals surface area contributed by atoms with Crippen molar-refractivity contribution < 1.29 is 17.9 Å². The summed E-state index contributed by atoms with van der Waals surface area (Å²) in [6.45, 7) is 14.9. The number of aryl methyl sites for hydroxylation is 1. The van der Waals surface area contributed by atoms with Crippen molar-refractivity contribution in [3.8, 4) is 5.75 Å². The van der Waals surface area contributed by atoms with Gasteiger partial charge in [0.2, 0.25) is 0 Å². The fraction of sp³-hybridized carbons (Fsp3) is 0.343. The van der Waals surface area contributed by atoms with E-state index in [-0.39, 0.29) is 0 Å². The van der Waals surface area contributed by atoms with Gasteiger partial charge in [0.25, 0.3) is 0 Å². The molecular weight excluding hydrogens is 521 g/mol. The third-order valence-electron chi connectivity index (χ3n) is 6.06. The average Bonchev–Trinajstić information content (AvgIpc) is 2.97. The van der Waals surface area contributed by atoms with Gasteiger partial charge in [0.1, 0.15) is 5.75 Å². The molecule has 0 atom stereocenters. The fourth-order valence-electron chi connectivity index (χ4n) is 3.89. The molecule has 4 rings (SSSR count). The van der Waals surface area contributed by atoms with Crippen LogP contribution in [0.1, 0.15) is 43.0 Å². The third-order valence-corrected chi connectivity index (χ3v) is 6.06. The van der Waals surface area contributed by atoms with Crippen molar-refractivity contribution >= 4 is 0 Å². The number of alkyl halides is 3. The van der Waals surface area contributed by atoms with E-state index < -0.39 is 11.7 Å². The molecule has 0 amide bonds. The zero-order valence-electron chi connectivity index (χ0n) is 25.3. The highest BCUT2D eigenvalue weighted by atomic mass is 19.4. The summed E-state index contributed by atoms with van der Waals surface area (Å²) in [5.74, 6) is 0.956. The average molecular weight is 567 g/mol. The molecule has 0 bridgehead atoms. The van der Waals surface area contributed by atoms with E-state index in [1.807, 2.05) is 82.1 Å². The number of para-hydroxylation sites is 1. The van der Waals surface area contributed by atoms with Crippen LogP contribution >= 0.6 is 0 Å². The Hall–Kier alpha value is -3.73. The second kappa shape index (κ2) is 19.4. The van der Waals surface area contributed by atoms with E-state index >= 15 is 0 Å². The van der Waals surface area contributed by atoms with Crippen molar-refractivity contribution in [2.45, 2.75) is 46.8 Å². The van der Waals surface area contributed by atoms with Gasteiger partial charge in [0.15, 0.2) is 0 Å². The molecule has 222 valence electrons. The first-order valence-electron chi connectivity index (χ1n) is 13.9. The van der Waals surface area contributed by atoms with Gasteiger partial charge >= 0.3 is 6.18 Å². The number of nitrogens with zero attached hydrogens (tertiary/aromatic N) is 2. The lowest BCUT2D eigenvalue weighted by Gasteiger charge is -2.36. The van der Waals surface area contributed by atoms with E-state index in [0.717, 1.165) is 43.6 Å².